The average molecular weight is 442 g/mol. The summed E-state index contributed by atoms with van der Waals surface area (Å²) in [6, 6.07) is 9.69. The highest BCUT2D eigenvalue weighted by molar-refractivity contribution is 9.10. The fourth-order valence-corrected chi connectivity index (χ4v) is 4.92. The van der Waals surface area contributed by atoms with E-state index in [1.807, 2.05) is 4.90 Å². The summed E-state index contributed by atoms with van der Waals surface area (Å²) < 4.78 is 54.1. The fraction of sp³-hybridized carbons (Fsp3) is 0.235. The van der Waals surface area contributed by atoms with E-state index in [0.717, 1.165) is 22.3 Å². The Morgan fingerprint density at radius 2 is 1.73 bits per heavy atom. The maximum absolute atomic E-state index is 13.9. The Kier molecular flexibility index (Phi) is 5.27. The summed E-state index contributed by atoms with van der Waals surface area (Å²) in [6.45, 7) is 1.16. The van der Waals surface area contributed by atoms with Gasteiger partial charge in [-0.3, -0.25) is 0 Å². The molecule has 136 valence electrons. The number of rotatable bonds is 3. The van der Waals surface area contributed by atoms with Crippen molar-refractivity contribution in [1.29, 1.82) is 5.26 Å². The maximum Gasteiger partial charge on any atom is 0.246 e. The number of nitrogens with zero attached hydrogens (tertiary/aromatic N) is 3. The monoisotopic (exact) mass is 441 g/mol. The first-order valence-corrected chi connectivity index (χ1v) is 9.96. The lowest BCUT2D eigenvalue weighted by Gasteiger charge is -2.35. The predicted octanol–water partition coefficient (Wildman–Crippen LogP) is 3.11. The SMILES string of the molecule is N#Cc1ccc(N2CCN(S(=O)(=O)c3ccc(F)cc3F)CC2)c(Br)c1. The van der Waals surface area contributed by atoms with Gasteiger partial charge in [0.25, 0.3) is 0 Å². The molecule has 0 atom stereocenters. The highest BCUT2D eigenvalue weighted by Gasteiger charge is 2.31. The fourth-order valence-electron chi connectivity index (χ4n) is 2.83. The molecule has 0 amide bonds. The third kappa shape index (κ3) is 3.58. The van der Waals surface area contributed by atoms with E-state index in [4.69, 9.17) is 5.26 Å². The van der Waals surface area contributed by atoms with E-state index >= 15 is 0 Å². The zero-order chi connectivity index (χ0) is 18.9. The molecule has 0 aliphatic carbocycles. The molecule has 2 aromatic carbocycles. The first-order valence-electron chi connectivity index (χ1n) is 7.73. The summed E-state index contributed by atoms with van der Waals surface area (Å²) in [5.41, 5.74) is 1.38. The van der Waals surface area contributed by atoms with Crippen LogP contribution >= 0.6 is 15.9 Å². The second-order valence-electron chi connectivity index (χ2n) is 5.74. The number of piperazine rings is 1. The Morgan fingerprint density at radius 1 is 1.04 bits per heavy atom. The van der Waals surface area contributed by atoms with Gasteiger partial charge in [0, 0.05) is 36.7 Å². The Hall–Kier alpha value is -2.02. The van der Waals surface area contributed by atoms with Crippen molar-refractivity contribution < 1.29 is 17.2 Å². The Bertz CT molecular complexity index is 984. The van der Waals surface area contributed by atoms with Gasteiger partial charge in [0.05, 0.1) is 17.3 Å². The molecule has 0 bridgehead atoms. The maximum atomic E-state index is 13.9. The molecule has 2 aromatic rings. The van der Waals surface area contributed by atoms with Crippen LogP contribution in [0.5, 0.6) is 0 Å². The average Bonchev–Trinajstić information content (AvgIpc) is 2.61. The summed E-state index contributed by atoms with van der Waals surface area (Å²) in [6.07, 6.45) is 0. The Morgan fingerprint density at radius 3 is 2.31 bits per heavy atom. The van der Waals surface area contributed by atoms with Crippen LogP contribution in [0.1, 0.15) is 5.56 Å². The summed E-state index contributed by atoms with van der Waals surface area (Å²) >= 11 is 3.42. The van der Waals surface area contributed by atoms with E-state index in [0.29, 0.717) is 24.7 Å². The molecule has 0 saturated carbocycles. The number of anilines is 1. The number of halogens is 3. The van der Waals surface area contributed by atoms with Gasteiger partial charge in [-0.25, -0.2) is 17.2 Å². The molecular formula is C17H14BrF2N3O2S. The predicted molar refractivity (Wildman–Crippen MR) is 96.2 cm³/mol. The largest absolute Gasteiger partial charge is 0.368 e. The lowest BCUT2D eigenvalue weighted by molar-refractivity contribution is 0.382. The number of hydrogen-bond acceptors (Lipinski definition) is 4. The van der Waals surface area contributed by atoms with Gasteiger partial charge in [-0.2, -0.15) is 9.57 Å². The van der Waals surface area contributed by atoms with Crippen molar-refractivity contribution >= 4 is 31.6 Å². The number of hydrogen-bond donors (Lipinski definition) is 0. The van der Waals surface area contributed by atoms with E-state index in [9.17, 15) is 17.2 Å². The third-order valence-corrected chi connectivity index (χ3v) is 6.73. The molecule has 1 heterocycles. The molecule has 0 aromatic heterocycles. The number of sulfonamides is 1. The van der Waals surface area contributed by atoms with E-state index in [-0.39, 0.29) is 13.1 Å². The molecule has 0 radical (unpaired) electrons. The molecule has 0 unspecified atom stereocenters. The molecule has 26 heavy (non-hydrogen) atoms. The molecule has 9 heteroatoms. The zero-order valence-electron chi connectivity index (χ0n) is 13.5. The quantitative estimate of drug-likeness (QED) is 0.733. The minimum atomic E-state index is -4.03. The minimum absolute atomic E-state index is 0.172. The third-order valence-electron chi connectivity index (χ3n) is 4.17. The van der Waals surface area contributed by atoms with Gasteiger partial charge in [0.15, 0.2) is 0 Å². The molecule has 3 rings (SSSR count). The molecule has 0 spiro atoms. The van der Waals surface area contributed by atoms with E-state index in [1.54, 1.807) is 18.2 Å². The standard InChI is InChI=1S/C17H14BrF2N3O2S/c18-14-9-12(11-21)1-3-16(14)22-5-7-23(8-6-22)26(24,25)17-4-2-13(19)10-15(17)20/h1-4,9-10H,5-8H2. The lowest BCUT2D eigenvalue weighted by atomic mass is 10.2. The van der Waals surface area contributed by atoms with E-state index in [1.165, 1.54) is 4.31 Å². The van der Waals surface area contributed by atoms with Gasteiger partial charge in [-0.05, 0) is 46.3 Å². The smallest absolute Gasteiger partial charge is 0.246 e. The molecule has 1 fully saturated rings. The van der Waals surface area contributed by atoms with Gasteiger partial charge in [-0.1, -0.05) is 0 Å². The topological polar surface area (TPSA) is 64.4 Å². The summed E-state index contributed by atoms with van der Waals surface area (Å²) in [5, 5.41) is 8.92. The van der Waals surface area contributed by atoms with Gasteiger partial charge >= 0.3 is 0 Å². The second-order valence-corrected chi connectivity index (χ2v) is 8.50. The number of nitriles is 1. The van der Waals surface area contributed by atoms with Gasteiger partial charge in [0.1, 0.15) is 16.5 Å². The van der Waals surface area contributed by atoms with Crippen LogP contribution in [0.2, 0.25) is 0 Å². The zero-order valence-corrected chi connectivity index (χ0v) is 15.9. The first kappa shape index (κ1) is 18.8. The molecular weight excluding hydrogens is 428 g/mol. The van der Waals surface area contributed by atoms with Gasteiger partial charge in [-0.15, -0.1) is 0 Å². The summed E-state index contributed by atoms with van der Waals surface area (Å²) in [4.78, 5) is 1.46. The minimum Gasteiger partial charge on any atom is -0.368 e. The van der Waals surface area contributed by atoms with Crippen LogP contribution < -0.4 is 4.90 Å². The van der Waals surface area contributed by atoms with Crippen LogP contribution in [0.15, 0.2) is 45.8 Å². The highest BCUT2D eigenvalue weighted by Crippen LogP contribution is 2.29. The normalized spacial score (nSPS) is 15.7. The van der Waals surface area contributed by atoms with Crippen molar-refractivity contribution in [3.8, 4) is 6.07 Å². The molecule has 0 N–H and O–H groups in total. The molecule has 5 nitrogen and oxygen atoms in total. The molecule has 1 aliphatic heterocycles. The Labute approximate surface area is 158 Å². The van der Waals surface area contributed by atoms with Crippen LogP contribution in [0.4, 0.5) is 14.5 Å². The Balaban J connectivity index is 1.77. The van der Waals surface area contributed by atoms with Gasteiger partial charge in [0.2, 0.25) is 10.0 Å². The van der Waals surface area contributed by atoms with Crippen LogP contribution in [-0.4, -0.2) is 38.9 Å². The van der Waals surface area contributed by atoms with Crippen molar-refractivity contribution in [2.45, 2.75) is 4.90 Å². The van der Waals surface area contributed by atoms with Crippen LogP contribution in [0, 0.1) is 23.0 Å². The van der Waals surface area contributed by atoms with E-state index < -0.39 is 26.6 Å². The van der Waals surface area contributed by atoms with Crippen LogP contribution in [-0.2, 0) is 10.0 Å². The first-order chi connectivity index (χ1) is 12.3. The van der Waals surface area contributed by atoms with Crippen molar-refractivity contribution in [3.05, 3.63) is 58.1 Å². The lowest BCUT2D eigenvalue weighted by Crippen LogP contribution is -2.48. The number of benzene rings is 2. The molecule has 1 aliphatic rings. The second kappa shape index (κ2) is 7.31. The summed E-state index contributed by atoms with van der Waals surface area (Å²) in [5.74, 6) is -1.92. The van der Waals surface area contributed by atoms with Crippen LogP contribution in [0.3, 0.4) is 0 Å². The van der Waals surface area contributed by atoms with Crippen molar-refractivity contribution in [3.63, 3.8) is 0 Å². The van der Waals surface area contributed by atoms with Crippen molar-refractivity contribution in [2.75, 3.05) is 31.1 Å². The van der Waals surface area contributed by atoms with Crippen LogP contribution in [0.25, 0.3) is 0 Å². The highest BCUT2D eigenvalue weighted by atomic mass is 79.9. The van der Waals surface area contributed by atoms with Crippen molar-refractivity contribution in [2.24, 2.45) is 0 Å². The van der Waals surface area contributed by atoms with Crippen molar-refractivity contribution in [1.82, 2.24) is 4.31 Å². The van der Waals surface area contributed by atoms with E-state index in [2.05, 4.69) is 22.0 Å². The molecule has 1 saturated heterocycles. The van der Waals surface area contributed by atoms with Gasteiger partial charge < -0.3 is 4.90 Å². The summed E-state index contributed by atoms with van der Waals surface area (Å²) in [7, 11) is -4.03.